The van der Waals surface area contributed by atoms with E-state index in [1.807, 2.05) is 12.1 Å². The average Bonchev–Trinajstić information content (AvgIpc) is 2.61. The van der Waals surface area contributed by atoms with Crippen LogP contribution in [0.2, 0.25) is 0 Å². The van der Waals surface area contributed by atoms with E-state index in [9.17, 15) is 14.9 Å². The van der Waals surface area contributed by atoms with Crippen molar-refractivity contribution in [1.82, 2.24) is 5.32 Å². The Bertz CT molecular complexity index is 746. The lowest BCUT2D eigenvalue weighted by Gasteiger charge is -2.10. The second-order valence-electron chi connectivity index (χ2n) is 4.97. The van der Waals surface area contributed by atoms with Gasteiger partial charge in [0.25, 0.3) is 11.6 Å². The van der Waals surface area contributed by atoms with Gasteiger partial charge in [0.05, 0.1) is 19.1 Å². The predicted molar refractivity (Wildman–Crippen MR) is 88.7 cm³/mol. The van der Waals surface area contributed by atoms with E-state index in [0.29, 0.717) is 24.5 Å². The fourth-order valence-electron chi connectivity index (χ4n) is 2.28. The van der Waals surface area contributed by atoms with E-state index < -0.39 is 10.8 Å². The number of benzene rings is 2. The average molecular weight is 330 g/mol. The summed E-state index contributed by atoms with van der Waals surface area (Å²) in [6.45, 7) is 0.348. The van der Waals surface area contributed by atoms with Gasteiger partial charge in [-0.15, -0.1) is 0 Å². The summed E-state index contributed by atoms with van der Waals surface area (Å²) in [4.78, 5) is 22.5. The molecule has 2 aromatic carbocycles. The Morgan fingerprint density at radius 1 is 1.12 bits per heavy atom. The molecule has 0 fully saturated rings. The number of hydrogen-bond donors (Lipinski definition) is 1. The molecule has 24 heavy (non-hydrogen) atoms. The van der Waals surface area contributed by atoms with E-state index in [-0.39, 0.29) is 11.3 Å². The highest BCUT2D eigenvalue weighted by molar-refractivity contribution is 5.98. The number of rotatable bonds is 7. The normalized spacial score (nSPS) is 10.1. The number of nitrogens with zero attached hydrogens (tertiary/aromatic N) is 1. The summed E-state index contributed by atoms with van der Waals surface area (Å²) >= 11 is 0. The Balaban J connectivity index is 2.00. The molecule has 0 saturated carbocycles. The van der Waals surface area contributed by atoms with Gasteiger partial charge in [0.15, 0.2) is 11.5 Å². The summed E-state index contributed by atoms with van der Waals surface area (Å²) in [7, 11) is 3.11. The molecule has 126 valence electrons. The number of nitrogens with one attached hydrogen (secondary N) is 1. The van der Waals surface area contributed by atoms with Gasteiger partial charge in [-0.3, -0.25) is 14.9 Å². The maximum Gasteiger partial charge on any atom is 0.282 e. The first kappa shape index (κ1) is 17.3. The quantitative estimate of drug-likeness (QED) is 0.622. The fourth-order valence-corrected chi connectivity index (χ4v) is 2.28. The molecule has 0 saturated heterocycles. The minimum absolute atomic E-state index is 0.0508. The Labute approximate surface area is 139 Å². The van der Waals surface area contributed by atoms with Gasteiger partial charge in [-0.2, -0.15) is 0 Å². The monoisotopic (exact) mass is 330 g/mol. The number of carbonyl (C=O) groups excluding carboxylic acids is 1. The Kier molecular flexibility index (Phi) is 5.73. The van der Waals surface area contributed by atoms with Gasteiger partial charge in [0.2, 0.25) is 0 Å². The van der Waals surface area contributed by atoms with Crippen molar-refractivity contribution in [1.29, 1.82) is 0 Å². The second-order valence-corrected chi connectivity index (χ2v) is 4.97. The molecule has 0 aliphatic heterocycles. The van der Waals surface area contributed by atoms with Crippen molar-refractivity contribution in [2.24, 2.45) is 0 Å². The molecule has 0 unspecified atom stereocenters. The van der Waals surface area contributed by atoms with Gasteiger partial charge in [0, 0.05) is 12.6 Å². The Hall–Kier alpha value is -3.09. The van der Waals surface area contributed by atoms with Gasteiger partial charge >= 0.3 is 0 Å². The number of hydrogen-bond acceptors (Lipinski definition) is 5. The molecule has 1 N–H and O–H groups in total. The molecule has 0 radical (unpaired) electrons. The molecule has 0 spiro atoms. The van der Waals surface area contributed by atoms with Crippen LogP contribution in [-0.4, -0.2) is 31.6 Å². The van der Waals surface area contributed by atoms with Crippen LogP contribution in [0, 0.1) is 10.1 Å². The van der Waals surface area contributed by atoms with E-state index in [2.05, 4.69) is 5.32 Å². The number of ether oxygens (including phenoxy) is 2. The highest BCUT2D eigenvalue weighted by atomic mass is 16.6. The minimum Gasteiger partial charge on any atom is -0.493 e. The molecule has 0 aliphatic carbocycles. The maximum atomic E-state index is 12.1. The SMILES string of the molecule is COc1ccc(CCNC(=O)c2ccccc2[N+](=O)[O-])cc1OC. The molecule has 2 rings (SSSR count). The third-order valence-electron chi connectivity index (χ3n) is 3.49. The number of methoxy groups -OCH3 is 2. The highest BCUT2D eigenvalue weighted by Gasteiger charge is 2.18. The largest absolute Gasteiger partial charge is 0.493 e. The molecular formula is C17H18N2O5. The third-order valence-corrected chi connectivity index (χ3v) is 3.49. The number of amides is 1. The predicted octanol–water partition coefficient (Wildman–Crippen LogP) is 2.58. The molecule has 2 aromatic rings. The molecular weight excluding hydrogens is 312 g/mol. The standard InChI is InChI=1S/C17H18N2O5/c1-23-15-8-7-12(11-16(15)24-2)9-10-18-17(20)13-5-3-4-6-14(13)19(21)22/h3-8,11H,9-10H2,1-2H3,(H,18,20). The van der Waals surface area contributed by atoms with Crippen LogP contribution in [0.15, 0.2) is 42.5 Å². The zero-order valence-corrected chi connectivity index (χ0v) is 13.4. The van der Waals surface area contributed by atoms with Crippen molar-refractivity contribution >= 4 is 11.6 Å². The van der Waals surface area contributed by atoms with Gasteiger partial charge in [-0.25, -0.2) is 0 Å². The summed E-state index contributed by atoms with van der Waals surface area (Å²) in [5, 5.41) is 13.6. The topological polar surface area (TPSA) is 90.7 Å². The number of nitro groups is 1. The highest BCUT2D eigenvalue weighted by Crippen LogP contribution is 2.27. The van der Waals surface area contributed by atoms with E-state index >= 15 is 0 Å². The van der Waals surface area contributed by atoms with E-state index in [4.69, 9.17) is 9.47 Å². The number of carbonyl (C=O) groups is 1. The zero-order chi connectivity index (χ0) is 17.5. The van der Waals surface area contributed by atoms with E-state index in [1.165, 1.54) is 18.2 Å². The van der Waals surface area contributed by atoms with Crippen LogP contribution in [0.3, 0.4) is 0 Å². The van der Waals surface area contributed by atoms with Gasteiger partial charge in [-0.05, 0) is 30.2 Å². The number of para-hydroxylation sites is 1. The lowest BCUT2D eigenvalue weighted by molar-refractivity contribution is -0.385. The lowest BCUT2D eigenvalue weighted by atomic mass is 10.1. The van der Waals surface area contributed by atoms with Crippen molar-refractivity contribution in [3.63, 3.8) is 0 Å². The van der Waals surface area contributed by atoms with Crippen molar-refractivity contribution in [3.05, 3.63) is 63.7 Å². The summed E-state index contributed by atoms with van der Waals surface area (Å²) < 4.78 is 10.4. The van der Waals surface area contributed by atoms with Crippen LogP contribution in [0.5, 0.6) is 11.5 Å². The summed E-state index contributed by atoms with van der Waals surface area (Å²) in [6, 6.07) is 11.4. The van der Waals surface area contributed by atoms with Crippen molar-refractivity contribution in [2.45, 2.75) is 6.42 Å². The smallest absolute Gasteiger partial charge is 0.282 e. The van der Waals surface area contributed by atoms with Crippen LogP contribution in [0.4, 0.5) is 5.69 Å². The Morgan fingerprint density at radius 2 is 1.83 bits per heavy atom. The van der Waals surface area contributed by atoms with Crippen LogP contribution >= 0.6 is 0 Å². The molecule has 0 atom stereocenters. The zero-order valence-electron chi connectivity index (χ0n) is 13.4. The van der Waals surface area contributed by atoms with Crippen LogP contribution < -0.4 is 14.8 Å². The van der Waals surface area contributed by atoms with E-state index in [0.717, 1.165) is 5.56 Å². The molecule has 0 heterocycles. The number of nitro benzene ring substituents is 1. The molecule has 7 nitrogen and oxygen atoms in total. The summed E-state index contributed by atoms with van der Waals surface area (Å²) in [5.41, 5.74) is 0.798. The summed E-state index contributed by atoms with van der Waals surface area (Å²) in [6.07, 6.45) is 0.562. The first-order valence-corrected chi connectivity index (χ1v) is 7.29. The first-order chi connectivity index (χ1) is 11.6. The molecule has 7 heteroatoms. The molecule has 1 amide bonds. The maximum absolute atomic E-state index is 12.1. The Morgan fingerprint density at radius 3 is 2.50 bits per heavy atom. The van der Waals surface area contributed by atoms with E-state index in [1.54, 1.807) is 26.4 Å². The van der Waals surface area contributed by atoms with Crippen molar-refractivity contribution < 1.29 is 19.2 Å². The van der Waals surface area contributed by atoms with Crippen molar-refractivity contribution in [3.8, 4) is 11.5 Å². The summed E-state index contributed by atoms with van der Waals surface area (Å²) in [5.74, 6) is 0.771. The van der Waals surface area contributed by atoms with Gasteiger partial charge in [-0.1, -0.05) is 18.2 Å². The lowest BCUT2D eigenvalue weighted by Crippen LogP contribution is -2.26. The minimum atomic E-state index is -0.566. The van der Waals surface area contributed by atoms with Crippen LogP contribution in [0.1, 0.15) is 15.9 Å². The van der Waals surface area contributed by atoms with Crippen molar-refractivity contribution in [2.75, 3.05) is 20.8 Å². The second kappa shape index (κ2) is 7.96. The molecule has 0 bridgehead atoms. The van der Waals surface area contributed by atoms with Crippen LogP contribution in [-0.2, 0) is 6.42 Å². The molecule has 0 aromatic heterocycles. The fraction of sp³-hybridized carbons (Fsp3) is 0.235. The molecule has 0 aliphatic rings. The third kappa shape index (κ3) is 4.01. The van der Waals surface area contributed by atoms with Crippen LogP contribution in [0.25, 0.3) is 0 Å². The van der Waals surface area contributed by atoms with Gasteiger partial charge < -0.3 is 14.8 Å². The van der Waals surface area contributed by atoms with Gasteiger partial charge in [0.1, 0.15) is 5.56 Å². The first-order valence-electron chi connectivity index (χ1n) is 7.29.